The Morgan fingerprint density at radius 2 is 1.73 bits per heavy atom. The summed E-state index contributed by atoms with van der Waals surface area (Å²) >= 11 is 0. The maximum atomic E-state index is 5.61. The zero-order valence-electron chi connectivity index (χ0n) is 22.8. The second-order valence-electron chi connectivity index (χ2n) is 9.74. The van der Waals surface area contributed by atoms with Gasteiger partial charge in [0.15, 0.2) is 0 Å². The number of fused-ring (bicyclic) bond motifs is 1. The van der Waals surface area contributed by atoms with Gasteiger partial charge in [0.05, 0.1) is 29.0 Å². The van der Waals surface area contributed by atoms with E-state index < -0.39 is 0 Å². The molecule has 6 nitrogen and oxygen atoms in total. The molecule has 0 fully saturated rings. The van der Waals surface area contributed by atoms with E-state index in [2.05, 4.69) is 71.0 Å². The molecule has 40 heavy (non-hydrogen) atoms. The summed E-state index contributed by atoms with van der Waals surface area (Å²) in [5.41, 5.74) is 9.80. The molecule has 0 radical (unpaired) electrons. The Morgan fingerprint density at radius 3 is 2.40 bits per heavy atom. The van der Waals surface area contributed by atoms with Crippen molar-refractivity contribution in [3.8, 4) is 22.3 Å². The van der Waals surface area contributed by atoms with Crippen LogP contribution in [0.5, 0.6) is 0 Å². The van der Waals surface area contributed by atoms with E-state index in [0.29, 0.717) is 12.4 Å². The van der Waals surface area contributed by atoms with Crippen LogP contribution in [0.2, 0.25) is 0 Å². The minimum Gasteiger partial charge on any atom is -0.494 e. The fourth-order valence-electron chi connectivity index (χ4n) is 5.32. The predicted octanol–water partition coefficient (Wildman–Crippen LogP) is 8.02. The van der Waals surface area contributed by atoms with Crippen molar-refractivity contribution >= 4 is 16.8 Å². The molecular weight excluding hydrogens is 496 g/mol. The zero-order chi connectivity index (χ0) is 27.6. The minimum atomic E-state index is -0.155. The number of nitrogens with zero attached hydrogens (tertiary/aromatic N) is 4. The van der Waals surface area contributed by atoms with Crippen molar-refractivity contribution in [3.63, 3.8) is 0 Å². The third kappa shape index (κ3) is 4.58. The molecule has 6 aromatic rings. The van der Waals surface area contributed by atoms with Crippen LogP contribution in [0.4, 0.5) is 0 Å². The molecule has 6 rings (SSSR count). The molecule has 4 aromatic heterocycles. The van der Waals surface area contributed by atoms with E-state index in [9.17, 15) is 0 Å². The fourth-order valence-corrected chi connectivity index (χ4v) is 5.32. The Kier molecular flexibility index (Phi) is 6.74. The fraction of sp³-hybridized carbons (Fsp3) is 0.147. The molecule has 1 atom stereocenters. The van der Waals surface area contributed by atoms with Gasteiger partial charge in [-0.25, -0.2) is 0 Å². The Bertz CT molecular complexity index is 1730. The van der Waals surface area contributed by atoms with Crippen molar-refractivity contribution in [1.82, 2.24) is 19.7 Å². The lowest BCUT2D eigenvalue weighted by atomic mass is 10.0. The zero-order valence-corrected chi connectivity index (χ0v) is 22.8. The third-order valence-electron chi connectivity index (χ3n) is 7.19. The average molecular weight is 527 g/mol. The number of hydrogen-bond acceptors (Lipinski definition) is 5. The summed E-state index contributed by atoms with van der Waals surface area (Å²) in [7, 11) is 0. The summed E-state index contributed by atoms with van der Waals surface area (Å²) in [6.07, 6.45) is 5.94. The van der Waals surface area contributed by atoms with Crippen LogP contribution in [-0.2, 0) is 4.74 Å². The molecule has 0 spiro atoms. The molecule has 198 valence electrons. The van der Waals surface area contributed by atoms with Crippen molar-refractivity contribution in [2.45, 2.75) is 26.8 Å². The van der Waals surface area contributed by atoms with Gasteiger partial charge >= 0.3 is 0 Å². The van der Waals surface area contributed by atoms with E-state index in [4.69, 9.17) is 19.2 Å². The highest BCUT2D eigenvalue weighted by Crippen LogP contribution is 2.38. The lowest BCUT2D eigenvalue weighted by molar-refractivity contribution is 0.299. The van der Waals surface area contributed by atoms with Crippen LogP contribution in [0.15, 0.2) is 109 Å². The van der Waals surface area contributed by atoms with Crippen molar-refractivity contribution in [3.05, 3.63) is 132 Å². The van der Waals surface area contributed by atoms with Crippen LogP contribution in [0.25, 0.3) is 39.0 Å². The van der Waals surface area contributed by atoms with E-state index in [-0.39, 0.29) is 6.04 Å². The molecular formula is C34H30N4O2. The van der Waals surface area contributed by atoms with Crippen LogP contribution in [-0.4, -0.2) is 26.3 Å². The van der Waals surface area contributed by atoms with Gasteiger partial charge in [-0.05, 0) is 50.1 Å². The molecule has 1 unspecified atom stereocenters. The van der Waals surface area contributed by atoms with E-state index in [1.807, 2.05) is 63.5 Å². The summed E-state index contributed by atoms with van der Waals surface area (Å²) in [5.74, 6) is 1.43. The highest BCUT2D eigenvalue weighted by atomic mass is 16.5. The van der Waals surface area contributed by atoms with Gasteiger partial charge in [0.1, 0.15) is 17.6 Å². The van der Waals surface area contributed by atoms with Crippen molar-refractivity contribution < 1.29 is 9.26 Å². The van der Waals surface area contributed by atoms with E-state index >= 15 is 0 Å². The van der Waals surface area contributed by atoms with Gasteiger partial charge in [0.25, 0.3) is 0 Å². The van der Waals surface area contributed by atoms with E-state index in [1.165, 1.54) is 0 Å². The molecule has 0 N–H and O–H groups in total. The first-order valence-corrected chi connectivity index (χ1v) is 13.4. The molecule has 4 heterocycles. The van der Waals surface area contributed by atoms with Gasteiger partial charge in [0.2, 0.25) is 0 Å². The molecule has 0 bridgehead atoms. The standard InChI is InChI=1S/C34H30N4O2/c1-5-39-23(3)25-14-16-26(17-15-25)29-21-38(34(27-11-7-6-8-12-27)30-13-9-10-18-35-30)31-19-28(20-36-33(29)31)32-22(2)37-40-24(32)4/h6-21,34H,3,5H2,1-2,4H3. The van der Waals surface area contributed by atoms with Gasteiger partial charge in [-0.3, -0.25) is 9.97 Å². The maximum absolute atomic E-state index is 5.61. The third-order valence-corrected chi connectivity index (χ3v) is 7.19. The second-order valence-corrected chi connectivity index (χ2v) is 9.74. The topological polar surface area (TPSA) is 66.0 Å². The highest BCUT2D eigenvalue weighted by Gasteiger charge is 2.24. The average Bonchev–Trinajstić information content (AvgIpc) is 3.53. The summed E-state index contributed by atoms with van der Waals surface area (Å²) in [5, 5.41) is 4.18. The lowest BCUT2D eigenvalue weighted by Gasteiger charge is -2.20. The largest absolute Gasteiger partial charge is 0.494 e. The molecule has 0 amide bonds. The molecule has 0 saturated carbocycles. The monoisotopic (exact) mass is 526 g/mol. The molecule has 6 heteroatoms. The Morgan fingerprint density at radius 1 is 0.950 bits per heavy atom. The first-order chi connectivity index (χ1) is 19.5. The Balaban J connectivity index is 1.59. The van der Waals surface area contributed by atoms with Gasteiger partial charge in [-0.1, -0.05) is 72.4 Å². The summed E-state index contributed by atoms with van der Waals surface area (Å²) < 4.78 is 13.4. The minimum absolute atomic E-state index is 0.155. The highest BCUT2D eigenvalue weighted by molar-refractivity contribution is 5.95. The Labute approximate surface area is 233 Å². The number of hydrogen-bond donors (Lipinski definition) is 0. The van der Waals surface area contributed by atoms with Crippen molar-refractivity contribution in [2.24, 2.45) is 0 Å². The Hall–Kier alpha value is -4.97. The second kappa shape index (κ2) is 10.7. The number of aryl methyl sites for hydroxylation is 2. The first kappa shape index (κ1) is 25.3. The molecule has 0 aliphatic carbocycles. The number of pyridine rings is 2. The molecule has 0 saturated heterocycles. The first-order valence-electron chi connectivity index (χ1n) is 13.4. The summed E-state index contributed by atoms with van der Waals surface area (Å²) in [6, 6.07) is 26.8. The van der Waals surface area contributed by atoms with E-state index in [0.717, 1.165) is 61.6 Å². The number of ether oxygens (including phenoxy) is 1. The number of benzene rings is 2. The quantitative estimate of drug-likeness (QED) is 0.188. The van der Waals surface area contributed by atoms with Gasteiger partial charge in [-0.2, -0.15) is 0 Å². The summed E-state index contributed by atoms with van der Waals surface area (Å²) in [6.45, 7) is 10.5. The maximum Gasteiger partial charge on any atom is 0.141 e. The molecule has 0 aliphatic rings. The van der Waals surface area contributed by atoms with Gasteiger partial charge in [-0.15, -0.1) is 0 Å². The van der Waals surface area contributed by atoms with Gasteiger partial charge in [0, 0.05) is 40.8 Å². The lowest BCUT2D eigenvalue weighted by Crippen LogP contribution is -2.13. The predicted molar refractivity (Wildman–Crippen MR) is 159 cm³/mol. The normalized spacial score (nSPS) is 12.0. The van der Waals surface area contributed by atoms with Crippen LogP contribution in [0, 0.1) is 13.8 Å². The smallest absolute Gasteiger partial charge is 0.141 e. The van der Waals surface area contributed by atoms with Crippen LogP contribution in [0.3, 0.4) is 0 Å². The van der Waals surface area contributed by atoms with Crippen LogP contribution >= 0.6 is 0 Å². The molecule has 0 aliphatic heterocycles. The SMILES string of the molecule is C=C(OCC)c1ccc(-c2cn(C(c3ccccc3)c3ccccn3)c3cc(-c4c(C)noc4C)cnc23)cc1. The van der Waals surface area contributed by atoms with Crippen LogP contribution in [0.1, 0.15) is 41.2 Å². The number of aromatic nitrogens is 4. The van der Waals surface area contributed by atoms with Crippen LogP contribution < -0.4 is 0 Å². The number of rotatable bonds is 8. The van der Waals surface area contributed by atoms with Crippen molar-refractivity contribution in [1.29, 1.82) is 0 Å². The summed E-state index contributed by atoms with van der Waals surface area (Å²) in [4.78, 5) is 9.80. The molecule has 2 aromatic carbocycles. The van der Waals surface area contributed by atoms with E-state index in [1.54, 1.807) is 0 Å². The van der Waals surface area contributed by atoms with Gasteiger partial charge < -0.3 is 13.8 Å². The van der Waals surface area contributed by atoms with Crippen molar-refractivity contribution in [2.75, 3.05) is 6.61 Å².